The molecule has 1 heteroatoms. The number of nitrogens with zero attached hydrogens (tertiary/aromatic N) is 1. The molecular formula is C6H13N-. The van der Waals surface area contributed by atoms with E-state index in [9.17, 15) is 0 Å². The number of rotatable bonds is 3. The molecular weight excluding hydrogens is 86.1 g/mol. The zero-order valence-corrected chi connectivity index (χ0v) is 5.15. The van der Waals surface area contributed by atoms with Gasteiger partial charge in [0.05, 0.1) is 0 Å². The van der Waals surface area contributed by atoms with Crippen molar-refractivity contribution in [1.29, 1.82) is 0 Å². The van der Waals surface area contributed by atoms with Crippen molar-refractivity contribution in [2.24, 2.45) is 0 Å². The van der Waals surface area contributed by atoms with Crippen LogP contribution in [0.25, 0.3) is 0 Å². The lowest BCUT2D eigenvalue weighted by atomic mass is 10.2. The van der Waals surface area contributed by atoms with Crippen LogP contribution < -0.4 is 5.32 Å². The third kappa shape index (κ3) is 2.63. The van der Waals surface area contributed by atoms with E-state index in [4.69, 9.17) is 0 Å². The Kier molecular flexibility index (Phi) is 4.10. The fourth-order valence-corrected chi connectivity index (χ4v) is 0.547. The highest BCUT2D eigenvalue weighted by Gasteiger charge is 1.91. The summed E-state index contributed by atoms with van der Waals surface area (Å²) >= 11 is 0. The average molecular weight is 99.2 g/mol. The molecule has 0 aromatic rings. The SMILES string of the molecule is [CH2-][N]C(CC)CC. The standard InChI is InChI=1S/C6H13N/c1-4-6(5-2)7-3/h6H,3-5H2,1-2H3/q-1. The molecule has 0 saturated heterocycles. The smallest absolute Gasteiger partial charge is 0.00902 e. The molecule has 7 heavy (non-hydrogen) atoms. The van der Waals surface area contributed by atoms with Crippen LogP contribution in [0.5, 0.6) is 0 Å². The quantitative estimate of drug-likeness (QED) is 0.477. The minimum Gasteiger partial charge on any atom is -0.422 e. The van der Waals surface area contributed by atoms with E-state index in [-0.39, 0.29) is 0 Å². The van der Waals surface area contributed by atoms with Crippen molar-refractivity contribution in [1.82, 2.24) is 5.32 Å². The van der Waals surface area contributed by atoms with Crippen molar-refractivity contribution < 1.29 is 0 Å². The van der Waals surface area contributed by atoms with E-state index in [1.807, 2.05) is 0 Å². The monoisotopic (exact) mass is 99.1 g/mol. The van der Waals surface area contributed by atoms with E-state index in [1.165, 1.54) is 0 Å². The van der Waals surface area contributed by atoms with Gasteiger partial charge < -0.3 is 5.32 Å². The number of hydrogen-bond acceptors (Lipinski definition) is 0. The van der Waals surface area contributed by atoms with E-state index in [0.29, 0.717) is 6.04 Å². The molecule has 0 unspecified atom stereocenters. The Morgan fingerprint density at radius 3 is 1.86 bits per heavy atom. The van der Waals surface area contributed by atoms with Gasteiger partial charge >= 0.3 is 0 Å². The Labute approximate surface area is 46.1 Å². The van der Waals surface area contributed by atoms with E-state index < -0.39 is 0 Å². The molecule has 0 fully saturated rings. The Morgan fingerprint density at radius 1 is 1.43 bits per heavy atom. The fourth-order valence-electron chi connectivity index (χ4n) is 0.547. The molecule has 0 aromatic heterocycles. The molecule has 0 heterocycles. The topological polar surface area (TPSA) is 14.1 Å². The van der Waals surface area contributed by atoms with Crippen molar-refractivity contribution in [3.8, 4) is 0 Å². The summed E-state index contributed by atoms with van der Waals surface area (Å²) in [6.07, 6.45) is 2.25. The van der Waals surface area contributed by atoms with Gasteiger partial charge in [-0.2, -0.15) is 0 Å². The van der Waals surface area contributed by atoms with Crippen molar-refractivity contribution >= 4 is 0 Å². The normalized spacial score (nSPS) is 10.3. The van der Waals surface area contributed by atoms with E-state index >= 15 is 0 Å². The molecule has 0 N–H and O–H groups in total. The molecule has 0 rings (SSSR count). The summed E-state index contributed by atoms with van der Waals surface area (Å²) in [5.74, 6) is 0. The van der Waals surface area contributed by atoms with Crippen LogP contribution in [-0.4, -0.2) is 6.04 Å². The summed E-state index contributed by atoms with van der Waals surface area (Å²) in [6, 6.07) is 0.500. The average Bonchev–Trinajstić information content (AvgIpc) is 1.72. The Morgan fingerprint density at radius 2 is 1.86 bits per heavy atom. The molecule has 0 bridgehead atoms. The van der Waals surface area contributed by atoms with E-state index in [0.717, 1.165) is 12.8 Å². The van der Waals surface area contributed by atoms with Gasteiger partial charge in [0.2, 0.25) is 0 Å². The Bertz CT molecular complexity index is 25.7. The van der Waals surface area contributed by atoms with Crippen molar-refractivity contribution in [2.45, 2.75) is 32.7 Å². The maximum atomic E-state index is 3.88. The minimum absolute atomic E-state index is 0.500. The molecule has 0 spiro atoms. The zero-order valence-electron chi connectivity index (χ0n) is 5.15. The highest BCUT2D eigenvalue weighted by molar-refractivity contribution is 4.58. The predicted octanol–water partition coefficient (Wildman–Crippen LogP) is 1.57. The minimum atomic E-state index is 0.500. The number of hydrogen-bond donors (Lipinski definition) is 0. The molecule has 1 nitrogen and oxygen atoms in total. The molecule has 0 saturated carbocycles. The van der Waals surface area contributed by atoms with Gasteiger partial charge in [0, 0.05) is 0 Å². The van der Waals surface area contributed by atoms with Gasteiger partial charge in [0.1, 0.15) is 0 Å². The molecule has 0 atom stereocenters. The van der Waals surface area contributed by atoms with Crippen molar-refractivity contribution in [3.05, 3.63) is 7.05 Å². The van der Waals surface area contributed by atoms with E-state index in [2.05, 4.69) is 26.2 Å². The van der Waals surface area contributed by atoms with Gasteiger partial charge in [-0.25, -0.2) is 0 Å². The van der Waals surface area contributed by atoms with Gasteiger partial charge in [-0.15, -0.1) is 0 Å². The largest absolute Gasteiger partial charge is 0.422 e. The van der Waals surface area contributed by atoms with Crippen LogP contribution in [0.15, 0.2) is 0 Å². The molecule has 0 aromatic carbocycles. The second-order valence-electron chi connectivity index (χ2n) is 1.65. The van der Waals surface area contributed by atoms with Crippen LogP contribution >= 0.6 is 0 Å². The lowest BCUT2D eigenvalue weighted by Crippen LogP contribution is -2.13. The first-order valence-electron chi connectivity index (χ1n) is 2.81. The molecule has 0 aliphatic rings. The second-order valence-corrected chi connectivity index (χ2v) is 1.65. The summed E-state index contributed by atoms with van der Waals surface area (Å²) in [5.41, 5.74) is 0. The Hall–Kier alpha value is -0.0400. The lowest BCUT2D eigenvalue weighted by Gasteiger charge is -2.12. The van der Waals surface area contributed by atoms with Crippen LogP contribution in [0.2, 0.25) is 0 Å². The van der Waals surface area contributed by atoms with Gasteiger partial charge in [0.25, 0.3) is 0 Å². The van der Waals surface area contributed by atoms with E-state index in [1.54, 1.807) is 0 Å². The third-order valence-corrected chi connectivity index (χ3v) is 1.20. The highest BCUT2D eigenvalue weighted by atomic mass is 14.9. The highest BCUT2D eigenvalue weighted by Crippen LogP contribution is 1.94. The zero-order chi connectivity index (χ0) is 5.70. The second kappa shape index (κ2) is 4.13. The maximum Gasteiger partial charge on any atom is -0.00902 e. The summed E-state index contributed by atoms with van der Waals surface area (Å²) in [4.78, 5) is 0. The van der Waals surface area contributed by atoms with Crippen LogP contribution in [0.3, 0.4) is 0 Å². The molecule has 43 valence electrons. The first-order valence-corrected chi connectivity index (χ1v) is 2.81. The summed E-state index contributed by atoms with van der Waals surface area (Å²) in [5, 5.41) is 3.88. The molecule has 0 aliphatic carbocycles. The van der Waals surface area contributed by atoms with Crippen LogP contribution in [0, 0.1) is 7.05 Å². The van der Waals surface area contributed by atoms with Gasteiger partial charge in [0.15, 0.2) is 0 Å². The summed E-state index contributed by atoms with van der Waals surface area (Å²) < 4.78 is 0. The van der Waals surface area contributed by atoms with Crippen LogP contribution in [-0.2, 0) is 0 Å². The van der Waals surface area contributed by atoms with Crippen molar-refractivity contribution in [3.63, 3.8) is 0 Å². The lowest BCUT2D eigenvalue weighted by molar-refractivity contribution is 0.540. The van der Waals surface area contributed by atoms with Gasteiger partial charge in [-0.3, -0.25) is 7.05 Å². The molecule has 0 aliphatic heterocycles. The van der Waals surface area contributed by atoms with Gasteiger partial charge in [-0.1, -0.05) is 13.8 Å². The maximum absolute atomic E-state index is 3.88. The molecule has 1 radical (unpaired) electrons. The molecule has 0 amide bonds. The summed E-state index contributed by atoms with van der Waals surface area (Å²) in [7, 11) is 3.45. The Balaban J connectivity index is 2.99. The first kappa shape index (κ1) is 6.96. The van der Waals surface area contributed by atoms with Crippen molar-refractivity contribution in [2.75, 3.05) is 0 Å². The fraction of sp³-hybridized carbons (Fsp3) is 0.833. The summed E-state index contributed by atoms with van der Waals surface area (Å²) in [6.45, 7) is 4.26. The van der Waals surface area contributed by atoms with Crippen LogP contribution in [0.1, 0.15) is 26.7 Å². The van der Waals surface area contributed by atoms with Crippen LogP contribution in [0.4, 0.5) is 0 Å². The third-order valence-electron chi connectivity index (χ3n) is 1.20. The van der Waals surface area contributed by atoms with Gasteiger partial charge in [-0.05, 0) is 18.9 Å². The predicted molar refractivity (Wildman–Crippen MR) is 31.9 cm³/mol. The first-order chi connectivity index (χ1) is 3.35.